The van der Waals surface area contributed by atoms with E-state index in [0.29, 0.717) is 42.0 Å². The second kappa shape index (κ2) is 8.29. The first-order chi connectivity index (χ1) is 13.8. The Kier molecular flexibility index (Phi) is 5.22. The molecule has 13 nitrogen and oxygen atoms in total. The normalized spacial score (nSPS) is 16.3. The fourth-order valence-corrected chi connectivity index (χ4v) is 2.57. The van der Waals surface area contributed by atoms with Crippen LogP contribution in [0.4, 0.5) is 17.3 Å². The summed E-state index contributed by atoms with van der Waals surface area (Å²) in [5, 5.41) is 40.6. The molecule has 0 spiro atoms. The van der Waals surface area contributed by atoms with Crippen LogP contribution >= 0.6 is 0 Å². The highest BCUT2D eigenvalue weighted by molar-refractivity contribution is 5.72. The Hall–Kier alpha value is -3.76. The molecule has 0 saturated carbocycles. The molecule has 0 radical (unpaired) electrons. The lowest BCUT2D eigenvalue weighted by Gasteiger charge is -2.24. The molecule has 13 heteroatoms. The molecule has 4 N–H and O–H groups in total. The highest BCUT2D eigenvalue weighted by Crippen LogP contribution is 2.25. The predicted octanol–water partition coefficient (Wildman–Crippen LogP) is -0.538. The summed E-state index contributed by atoms with van der Waals surface area (Å²) in [7, 11) is 0. The van der Waals surface area contributed by atoms with Gasteiger partial charge in [-0.05, 0) is 5.21 Å². The van der Waals surface area contributed by atoms with Gasteiger partial charge in [0.25, 0.3) is 0 Å². The van der Waals surface area contributed by atoms with Crippen molar-refractivity contribution in [2.75, 3.05) is 36.9 Å². The third kappa shape index (κ3) is 4.14. The van der Waals surface area contributed by atoms with E-state index in [-0.39, 0.29) is 11.8 Å². The number of aromatic amines is 1. The van der Waals surface area contributed by atoms with Crippen LogP contribution in [-0.4, -0.2) is 73.1 Å². The molecular formula is C15H16N12O. The third-order valence-electron chi connectivity index (χ3n) is 3.90. The van der Waals surface area contributed by atoms with E-state index in [1.165, 1.54) is 12.4 Å². The molecule has 0 bridgehead atoms. The van der Waals surface area contributed by atoms with Gasteiger partial charge >= 0.3 is 0 Å². The van der Waals surface area contributed by atoms with E-state index >= 15 is 0 Å². The maximum absolute atomic E-state index is 8.80. The number of nitrogens with zero attached hydrogens (tertiary/aromatic N) is 8. The van der Waals surface area contributed by atoms with Gasteiger partial charge in [-0.1, -0.05) is 0 Å². The van der Waals surface area contributed by atoms with Crippen molar-refractivity contribution in [1.29, 1.82) is 5.26 Å². The molecule has 0 aliphatic carbocycles. The molecule has 1 aliphatic rings. The lowest BCUT2D eigenvalue weighted by molar-refractivity contribution is 0.0372. The Morgan fingerprint density at radius 2 is 2.18 bits per heavy atom. The molecule has 1 unspecified atom stereocenters. The number of ether oxygens (including phenoxy) is 1. The van der Waals surface area contributed by atoms with Crippen molar-refractivity contribution < 1.29 is 4.74 Å². The van der Waals surface area contributed by atoms with Gasteiger partial charge in [-0.15, -0.1) is 20.4 Å². The molecule has 3 aromatic heterocycles. The summed E-state index contributed by atoms with van der Waals surface area (Å²) in [6.07, 6.45) is 2.85. The summed E-state index contributed by atoms with van der Waals surface area (Å²) in [6.45, 7) is 2.85. The lowest BCUT2D eigenvalue weighted by atomic mass is 10.2. The molecule has 1 aliphatic heterocycles. The Bertz CT molecular complexity index is 946. The predicted molar refractivity (Wildman–Crippen MR) is 96.3 cm³/mol. The van der Waals surface area contributed by atoms with Crippen LogP contribution in [0, 0.1) is 11.3 Å². The largest absolute Gasteiger partial charge is 0.380 e. The van der Waals surface area contributed by atoms with Crippen molar-refractivity contribution in [3.8, 4) is 17.6 Å². The Balaban J connectivity index is 1.55. The molecule has 4 heterocycles. The van der Waals surface area contributed by atoms with E-state index in [9.17, 15) is 0 Å². The van der Waals surface area contributed by atoms with Gasteiger partial charge in [-0.3, -0.25) is 0 Å². The number of hydrogen-bond acceptors (Lipinski definition) is 12. The summed E-state index contributed by atoms with van der Waals surface area (Å²) in [6, 6.07) is 3.68. The fraction of sp³-hybridized carbons (Fsp3) is 0.333. The Morgan fingerprint density at radius 3 is 2.89 bits per heavy atom. The molecule has 3 aromatic rings. The van der Waals surface area contributed by atoms with Gasteiger partial charge in [-0.25, -0.2) is 9.97 Å². The molecule has 142 valence electrons. The van der Waals surface area contributed by atoms with Crippen molar-refractivity contribution in [1.82, 2.24) is 46.1 Å². The topological polar surface area (TPSA) is 175 Å². The zero-order chi connectivity index (χ0) is 19.2. The van der Waals surface area contributed by atoms with Crippen molar-refractivity contribution in [3.63, 3.8) is 0 Å². The van der Waals surface area contributed by atoms with Gasteiger partial charge in [0.1, 0.15) is 11.9 Å². The van der Waals surface area contributed by atoms with Crippen LogP contribution in [0.15, 0.2) is 18.5 Å². The standard InChI is InChI=1S/C15H16N12O/c16-4-9-5-20-13(8-18-9)21-12-3-11(19-7-10-6-17-1-2-28-10)14(23-22-12)15-24-26-27-25-15/h3,5,8,10,17H,1-2,6-7H2,(H2,19,20,21,22)(H,24,25,26,27). The van der Waals surface area contributed by atoms with E-state index in [1.54, 1.807) is 6.07 Å². The summed E-state index contributed by atoms with van der Waals surface area (Å²) in [4.78, 5) is 8.08. The molecule has 4 rings (SSSR count). The number of rotatable bonds is 6. The Labute approximate surface area is 159 Å². The number of hydrogen-bond donors (Lipinski definition) is 4. The monoisotopic (exact) mass is 380 g/mol. The number of morpholine rings is 1. The second-order valence-corrected chi connectivity index (χ2v) is 5.83. The van der Waals surface area contributed by atoms with E-state index in [0.717, 1.165) is 13.1 Å². The zero-order valence-electron chi connectivity index (χ0n) is 14.6. The van der Waals surface area contributed by atoms with Gasteiger partial charge < -0.3 is 20.7 Å². The minimum Gasteiger partial charge on any atom is -0.380 e. The van der Waals surface area contributed by atoms with Crippen molar-refractivity contribution in [3.05, 3.63) is 24.2 Å². The van der Waals surface area contributed by atoms with Crippen LogP contribution in [0.25, 0.3) is 11.5 Å². The minimum absolute atomic E-state index is 0.0286. The van der Waals surface area contributed by atoms with Crippen LogP contribution in [-0.2, 0) is 4.74 Å². The number of H-pyrrole nitrogens is 1. The SMILES string of the molecule is N#Cc1cnc(Nc2cc(NCC3CNCCO3)c(-c3nn[nH]n3)nn2)cn1. The highest BCUT2D eigenvalue weighted by atomic mass is 16.5. The van der Waals surface area contributed by atoms with Gasteiger partial charge in [0, 0.05) is 25.7 Å². The summed E-state index contributed by atoms with van der Waals surface area (Å²) in [5.74, 6) is 1.20. The maximum atomic E-state index is 8.80. The molecule has 1 saturated heterocycles. The average molecular weight is 380 g/mol. The van der Waals surface area contributed by atoms with Crippen LogP contribution in [0.1, 0.15) is 5.69 Å². The molecule has 1 fully saturated rings. The average Bonchev–Trinajstić information content (AvgIpc) is 3.28. The van der Waals surface area contributed by atoms with Crippen LogP contribution in [0.3, 0.4) is 0 Å². The molecule has 1 atom stereocenters. The smallest absolute Gasteiger partial charge is 0.227 e. The first-order valence-electron chi connectivity index (χ1n) is 8.49. The van der Waals surface area contributed by atoms with Crippen LogP contribution in [0.5, 0.6) is 0 Å². The quantitative estimate of drug-likeness (QED) is 0.430. The van der Waals surface area contributed by atoms with Gasteiger partial charge in [0.05, 0.1) is 30.8 Å². The van der Waals surface area contributed by atoms with Gasteiger partial charge in [0.15, 0.2) is 17.2 Å². The number of tetrazole rings is 1. The second-order valence-electron chi connectivity index (χ2n) is 5.83. The van der Waals surface area contributed by atoms with Crippen LogP contribution < -0.4 is 16.0 Å². The maximum Gasteiger partial charge on any atom is 0.227 e. The summed E-state index contributed by atoms with van der Waals surface area (Å²) < 4.78 is 5.71. The van der Waals surface area contributed by atoms with Crippen LogP contribution in [0.2, 0.25) is 0 Å². The first-order valence-corrected chi connectivity index (χ1v) is 8.49. The third-order valence-corrected chi connectivity index (χ3v) is 3.90. The van der Waals surface area contributed by atoms with E-state index in [1.807, 2.05) is 6.07 Å². The molecule has 28 heavy (non-hydrogen) atoms. The minimum atomic E-state index is 0.0286. The highest BCUT2D eigenvalue weighted by Gasteiger charge is 2.17. The molecule has 0 amide bonds. The number of nitrogens with one attached hydrogen (secondary N) is 4. The zero-order valence-corrected chi connectivity index (χ0v) is 14.6. The van der Waals surface area contributed by atoms with E-state index in [2.05, 4.69) is 56.7 Å². The van der Waals surface area contributed by atoms with Crippen molar-refractivity contribution in [2.45, 2.75) is 6.10 Å². The molecule has 0 aromatic carbocycles. The summed E-state index contributed by atoms with van der Waals surface area (Å²) in [5.41, 5.74) is 1.34. The number of aromatic nitrogens is 8. The molecular weight excluding hydrogens is 364 g/mol. The van der Waals surface area contributed by atoms with Crippen molar-refractivity contribution >= 4 is 17.3 Å². The number of anilines is 3. The van der Waals surface area contributed by atoms with E-state index < -0.39 is 0 Å². The number of nitriles is 1. The van der Waals surface area contributed by atoms with E-state index in [4.69, 9.17) is 10.00 Å². The lowest BCUT2D eigenvalue weighted by Crippen LogP contribution is -2.42. The fourth-order valence-electron chi connectivity index (χ4n) is 2.57. The van der Waals surface area contributed by atoms with Gasteiger partial charge in [0.2, 0.25) is 5.82 Å². The summed E-state index contributed by atoms with van der Waals surface area (Å²) >= 11 is 0. The first kappa shape index (κ1) is 17.6. The van der Waals surface area contributed by atoms with Gasteiger partial charge in [-0.2, -0.15) is 10.5 Å². The van der Waals surface area contributed by atoms with Crippen molar-refractivity contribution in [2.24, 2.45) is 0 Å². The Morgan fingerprint density at radius 1 is 1.21 bits per heavy atom.